The van der Waals surface area contributed by atoms with Crippen LogP contribution in [0.3, 0.4) is 0 Å². The Bertz CT molecular complexity index is 343. The van der Waals surface area contributed by atoms with E-state index >= 15 is 0 Å². The summed E-state index contributed by atoms with van der Waals surface area (Å²) < 4.78 is 0. The first-order chi connectivity index (χ1) is 7.92. The molecule has 1 aromatic heterocycles. The second-order valence-electron chi connectivity index (χ2n) is 4.34. The van der Waals surface area contributed by atoms with Gasteiger partial charge in [-0.05, 0) is 49.9 Å². The molecule has 86 valence electrons. The molecule has 1 aliphatic carbocycles. The van der Waals surface area contributed by atoms with Crippen LogP contribution in [0.25, 0.3) is 0 Å². The molecule has 1 N–H and O–H groups in total. The third-order valence-corrected chi connectivity index (χ3v) is 3.08. The van der Waals surface area contributed by atoms with Crippen molar-refractivity contribution in [1.82, 2.24) is 10.3 Å². The van der Waals surface area contributed by atoms with E-state index in [4.69, 9.17) is 0 Å². The van der Waals surface area contributed by atoms with E-state index in [-0.39, 0.29) is 0 Å². The average Bonchev–Trinajstić information content (AvgIpc) is 2.85. The molecule has 1 unspecified atom stereocenters. The maximum absolute atomic E-state index is 4.09. The van der Waals surface area contributed by atoms with Crippen molar-refractivity contribution in [2.45, 2.75) is 38.6 Å². The lowest BCUT2D eigenvalue weighted by atomic mass is 9.99. The number of hydrogen-bond acceptors (Lipinski definition) is 2. The van der Waals surface area contributed by atoms with Gasteiger partial charge in [-0.2, -0.15) is 0 Å². The Morgan fingerprint density at radius 3 is 2.81 bits per heavy atom. The van der Waals surface area contributed by atoms with E-state index in [0.717, 1.165) is 6.54 Å². The molecular weight excluding hydrogens is 196 g/mol. The van der Waals surface area contributed by atoms with E-state index in [2.05, 4.69) is 35.4 Å². The van der Waals surface area contributed by atoms with Gasteiger partial charge in [0, 0.05) is 12.4 Å². The lowest BCUT2D eigenvalue weighted by molar-refractivity contribution is 0.578. The number of rotatable bonds is 5. The Hall–Kier alpha value is -1.15. The first-order valence-electron chi connectivity index (χ1n) is 6.24. The Kier molecular flexibility index (Phi) is 4.11. The lowest BCUT2D eigenvalue weighted by Gasteiger charge is -2.20. The molecule has 1 atom stereocenters. The van der Waals surface area contributed by atoms with Crippen molar-refractivity contribution in [2.24, 2.45) is 0 Å². The van der Waals surface area contributed by atoms with E-state index < -0.39 is 0 Å². The number of nitrogens with one attached hydrogen (secondary N) is 1. The monoisotopic (exact) mass is 216 g/mol. The van der Waals surface area contributed by atoms with Crippen LogP contribution in [-0.4, -0.2) is 11.5 Å². The van der Waals surface area contributed by atoms with Crippen molar-refractivity contribution in [3.8, 4) is 0 Å². The Balaban J connectivity index is 2.14. The van der Waals surface area contributed by atoms with Gasteiger partial charge >= 0.3 is 0 Å². The van der Waals surface area contributed by atoms with Gasteiger partial charge in [0.25, 0.3) is 0 Å². The molecule has 16 heavy (non-hydrogen) atoms. The second-order valence-corrected chi connectivity index (χ2v) is 4.34. The van der Waals surface area contributed by atoms with Crippen LogP contribution in [-0.2, 0) is 0 Å². The molecule has 0 spiro atoms. The number of allylic oxidation sites excluding steroid dienone is 1. The zero-order valence-electron chi connectivity index (χ0n) is 9.95. The van der Waals surface area contributed by atoms with Crippen molar-refractivity contribution in [2.75, 3.05) is 6.54 Å². The van der Waals surface area contributed by atoms with Crippen molar-refractivity contribution in [3.05, 3.63) is 41.7 Å². The zero-order valence-corrected chi connectivity index (χ0v) is 9.95. The second kappa shape index (κ2) is 5.80. The molecule has 0 saturated heterocycles. The highest BCUT2D eigenvalue weighted by Gasteiger charge is 2.17. The predicted octanol–water partition coefficient (Wildman–Crippen LogP) is 3.23. The first-order valence-corrected chi connectivity index (χ1v) is 6.24. The highest BCUT2D eigenvalue weighted by molar-refractivity contribution is 5.28. The standard InChI is InChI=1S/C14H20N2/c1-2-9-16-14(12-5-3-4-6-12)13-7-10-15-11-8-13/h5,7-8,10-11,14,16H,2-4,6,9H2,1H3. The van der Waals surface area contributed by atoms with Crippen molar-refractivity contribution >= 4 is 0 Å². The average molecular weight is 216 g/mol. The fraction of sp³-hybridized carbons (Fsp3) is 0.500. The normalized spacial score (nSPS) is 17.2. The van der Waals surface area contributed by atoms with Crippen LogP contribution in [0, 0.1) is 0 Å². The highest BCUT2D eigenvalue weighted by Crippen LogP contribution is 2.30. The summed E-state index contributed by atoms with van der Waals surface area (Å²) in [5.41, 5.74) is 2.90. The van der Waals surface area contributed by atoms with E-state index in [1.807, 2.05) is 12.4 Å². The Morgan fingerprint density at radius 1 is 1.38 bits per heavy atom. The predicted molar refractivity (Wildman–Crippen MR) is 67.2 cm³/mol. The van der Waals surface area contributed by atoms with Crippen molar-refractivity contribution in [1.29, 1.82) is 0 Å². The van der Waals surface area contributed by atoms with Gasteiger partial charge in [0.15, 0.2) is 0 Å². The van der Waals surface area contributed by atoms with E-state index in [0.29, 0.717) is 6.04 Å². The molecule has 1 aliphatic rings. The number of hydrogen-bond donors (Lipinski definition) is 1. The fourth-order valence-corrected chi connectivity index (χ4v) is 2.27. The summed E-state index contributed by atoms with van der Waals surface area (Å²) in [5, 5.41) is 3.63. The smallest absolute Gasteiger partial charge is 0.0537 e. The van der Waals surface area contributed by atoms with Crippen LogP contribution < -0.4 is 5.32 Å². The van der Waals surface area contributed by atoms with Gasteiger partial charge in [-0.15, -0.1) is 0 Å². The molecule has 0 aromatic carbocycles. The molecule has 0 amide bonds. The lowest BCUT2D eigenvalue weighted by Crippen LogP contribution is -2.23. The summed E-state index contributed by atoms with van der Waals surface area (Å²) in [6.07, 6.45) is 11.1. The Morgan fingerprint density at radius 2 is 2.19 bits per heavy atom. The van der Waals surface area contributed by atoms with Crippen LogP contribution in [0.4, 0.5) is 0 Å². The molecule has 1 aromatic rings. The minimum absolute atomic E-state index is 0.408. The maximum Gasteiger partial charge on any atom is 0.0537 e. The summed E-state index contributed by atoms with van der Waals surface area (Å²) in [4.78, 5) is 4.09. The molecule has 0 radical (unpaired) electrons. The van der Waals surface area contributed by atoms with Gasteiger partial charge in [0.05, 0.1) is 6.04 Å². The van der Waals surface area contributed by atoms with Gasteiger partial charge in [-0.1, -0.05) is 18.6 Å². The molecule has 0 saturated carbocycles. The van der Waals surface area contributed by atoms with Gasteiger partial charge in [0.1, 0.15) is 0 Å². The minimum Gasteiger partial charge on any atom is -0.307 e. The van der Waals surface area contributed by atoms with Gasteiger partial charge in [-0.25, -0.2) is 0 Å². The van der Waals surface area contributed by atoms with Gasteiger partial charge in [-0.3, -0.25) is 4.98 Å². The topological polar surface area (TPSA) is 24.9 Å². The molecule has 0 bridgehead atoms. The highest BCUT2D eigenvalue weighted by atomic mass is 14.9. The quantitative estimate of drug-likeness (QED) is 0.764. The summed E-state index contributed by atoms with van der Waals surface area (Å²) in [6.45, 7) is 3.28. The third-order valence-electron chi connectivity index (χ3n) is 3.08. The largest absolute Gasteiger partial charge is 0.307 e. The summed E-state index contributed by atoms with van der Waals surface area (Å²) in [6, 6.07) is 4.64. The van der Waals surface area contributed by atoms with E-state index in [1.165, 1.54) is 31.2 Å². The van der Waals surface area contributed by atoms with Crippen LogP contribution >= 0.6 is 0 Å². The molecular formula is C14H20N2. The molecule has 1 heterocycles. The van der Waals surface area contributed by atoms with E-state index in [1.54, 1.807) is 5.57 Å². The SMILES string of the molecule is CCCNC(C1=CCCC1)c1ccncc1. The third kappa shape index (κ3) is 2.70. The number of nitrogens with zero attached hydrogens (tertiary/aromatic N) is 1. The van der Waals surface area contributed by atoms with Crippen molar-refractivity contribution < 1.29 is 0 Å². The number of aromatic nitrogens is 1. The van der Waals surface area contributed by atoms with Crippen LogP contribution in [0.1, 0.15) is 44.2 Å². The van der Waals surface area contributed by atoms with Crippen LogP contribution in [0.5, 0.6) is 0 Å². The van der Waals surface area contributed by atoms with Gasteiger partial charge in [0.2, 0.25) is 0 Å². The molecule has 0 aliphatic heterocycles. The fourth-order valence-electron chi connectivity index (χ4n) is 2.27. The molecule has 0 fully saturated rings. The summed E-state index contributed by atoms with van der Waals surface area (Å²) >= 11 is 0. The van der Waals surface area contributed by atoms with Gasteiger partial charge < -0.3 is 5.32 Å². The van der Waals surface area contributed by atoms with Crippen molar-refractivity contribution in [3.63, 3.8) is 0 Å². The summed E-state index contributed by atoms with van der Waals surface area (Å²) in [5.74, 6) is 0. The zero-order chi connectivity index (χ0) is 11.2. The van der Waals surface area contributed by atoms with Crippen LogP contribution in [0.2, 0.25) is 0 Å². The minimum atomic E-state index is 0.408. The first kappa shape index (κ1) is 11.3. The summed E-state index contributed by atoms with van der Waals surface area (Å²) in [7, 11) is 0. The maximum atomic E-state index is 4.09. The van der Waals surface area contributed by atoms with E-state index in [9.17, 15) is 0 Å². The molecule has 2 nitrogen and oxygen atoms in total. The molecule has 2 rings (SSSR count). The Labute approximate surface area is 97.8 Å². The molecule has 2 heteroatoms. The number of pyridine rings is 1. The van der Waals surface area contributed by atoms with Crippen LogP contribution in [0.15, 0.2) is 36.2 Å².